The second-order valence-corrected chi connectivity index (χ2v) is 10.5. The fourth-order valence-corrected chi connectivity index (χ4v) is 5.27. The van der Waals surface area contributed by atoms with Crippen LogP contribution in [-0.4, -0.2) is 55.5 Å². The minimum absolute atomic E-state index is 0.000809. The molecular weight excluding hydrogens is 448 g/mol. The van der Waals surface area contributed by atoms with Crippen molar-refractivity contribution in [3.8, 4) is 11.5 Å². The molecule has 0 N–H and O–H groups in total. The molecular formula is C27H38N2O4S. The fraction of sp³-hybridized carbons (Fsp3) is 0.556. The van der Waals surface area contributed by atoms with Crippen LogP contribution >= 0.6 is 11.3 Å². The zero-order valence-corrected chi connectivity index (χ0v) is 21.7. The van der Waals surface area contributed by atoms with Crippen molar-refractivity contribution in [3.05, 3.63) is 46.2 Å². The smallest absolute Gasteiger partial charge is 0.242 e. The lowest BCUT2D eigenvalue weighted by molar-refractivity contribution is -0.143. The van der Waals surface area contributed by atoms with Gasteiger partial charge in [-0.1, -0.05) is 38.8 Å². The third-order valence-electron chi connectivity index (χ3n) is 6.33. The molecule has 1 aromatic heterocycles. The van der Waals surface area contributed by atoms with Crippen LogP contribution in [0, 0.1) is 11.8 Å². The topological polar surface area (TPSA) is 59.1 Å². The molecule has 0 saturated heterocycles. The van der Waals surface area contributed by atoms with Gasteiger partial charge in [-0.25, -0.2) is 0 Å². The highest BCUT2D eigenvalue weighted by Crippen LogP contribution is 2.28. The molecule has 0 aliphatic heterocycles. The van der Waals surface area contributed by atoms with E-state index in [9.17, 15) is 9.59 Å². The van der Waals surface area contributed by atoms with Crippen molar-refractivity contribution in [1.82, 2.24) is 9.80 Å². The van der Waals surface area contributed by atoms with Crippen LogP contribution in [0.15, 0.2) is 35.7 Å². The molecule has 1 saturated carbocycles. The first-order valence-corrected chi connectivity index (χ1v) is 13.1. The van der Waals surface area contributed by atoms with Crippen molar-refractivity contribution < 1.29 is 19.1 Å². The molecule has 1 aromatic carbocycles. The molecule has 186 valence electrons. The normalized spacial score (nSPS) is 13.8. The summed E-state index contributed by atoms with van der Waals surface area (Å²) < 4.78 is 10.8. The van der Waals surface area contributed by atoms with E-state index < -0.39 is 0 Å². The van der Waals surface area contributed by atoms with Crippen LogP contribution in [0.25, 0.3) is 0 Å². The second kappa shape index (κ2) is 12.8. The molecule has 2 amide bonds. The lowest BCUT2D eigenvalue weighted by atomic mass is 10.1. The zero-order chi connectivity index (χ0) is 24.5. The van der Waals surface area contributed by atoms with Crippen molar-refractivity contribution in [2.24, 2.45) is 11.8 Å². The van der Waals surface area contributed by atoms with Gasteiger partial charge in [-0.2, -0.15) is 0 Å². The Hall–Kier alpha value is -2.54. The Morgan fingerprint density at radius 2 is 1.79 bits per heavy atom. The molecule has 0 atom stereocenters. The monoisotopic (exact) mass is 486 g/mol. The Kier molecular flexibility index (Phi) is 9.81. The number of hydrogen-bond acceptors (Lipinski definition) is 5. The molecule has 7 heteroatoms. The number of amides is 2. The van der Waals surface area contributed by atoms with Crippen LogP contribution in [0.5, 0.6) is 11.5 Å². The summed E-state index contributed by atoms with van der Waals surface area (Å²) in [5.41, 5.74) is 1.07. The molecule has 0 bridgehead atoms. The van der Waals surface area contributed by atoms with Gasteiger partial charge in [0, 0.05) is 23.9 Å². The average Bonchev–Trinajstić information content (AvgIpc) is 3.54. The first-order chi connectivity index (χ1) is 16.4. The number of rotatable bonds is 12. The Morgan fingerprint density at radius 3 is 2.41 bits per heavy atom. The van der Waals surface area contributed by atoms with Crippen LogP contribution in [0.4, 0.5) is 0 Å². The molecule has 6 nitrogen and oxygen atoms in total. The summed E-state index contributed by atoms with van der Waals surface area (Å²) in [6.45, 7) is 6.07. The summed E-state index contributed by atoms with van der Waals surface area (Å²) in [5.74, 6) is 1.91. The molecule has 34 heavy (non-hydrogen) atoms. The predicted octanol–water partition coefficient (Wildman–Crippen LogP) is 5.01. The SMILES string of the molecule is COc1ccc(CCN(Cc2cccs2)C(=O)CN(CC(C)C)C(=O)C2CCCC2)cc1OC. The summed E-state index contributed by atoms with van der Waals surface area (Å²) in [6, 6.07) is 9.91. The Balaban J connectivity index is 1.72. The summed E-state index contributed by atoms with van der Waals surface area (Å²) in [5, 5.41) is 2.03. The van der Waals surface area contributed by atoms with Crippen LogP contribution in [0.2, 0.25) is 0 Å². The van der Waals surface area contributed by atoms with E-state index in [1.165, 1.54) is 0 Å². The largest absolute Gasteiger partial charge is 0.493 e. The van der Waals surface area contributed by atoms with Gasteiger partial charge in [0.05, 0.1) is 27.3 Å². The van der Waals surface area contributed by atoms with Gasteiger partial charge < -0.3 is 19.3 Å². The summed E-state index contributed by atoms with van der Waals surface area (Å²) in [7, 11) is 3.24. The van der Waals surface area contributed by atoms with Gasteiger partial charge in [0.15, 0.2) is 11.5 Å². The van der Waals surface area contributed by atoms with Gasteiger partial charge >= 0.3 is 0 Å². The van der Waals surface area contributed by atoms with Crippen LogP contribution in [0.1, 0.15) is 50.0 Å². The molecule has 0 unspecified atom stereocenters. The van der Waals surface area contributed by atoms with Crippen molar-refractivity contribution in [1.29, 1.82) is 0 Å². The molecule has 0 radical (unpaired) electrons. The van der Waals surface area contributed by atoms with Gasteiger partial charge in [0.2, 0.25) is 11.8 Å². The van der Waals surface area contributed by atoms with Crippen molar-refractivity contribution in [2.75, 3.05) is 33.9 Å². The van der Waals surface area contributed by atoms with E-state index in [0.29, 0.717) is 43.5 Å². The molecule has 2 aromatic rings. The summed E-state index contributed by atoms with van der Waals surface area (Å²) in [6.07, 6.45) is 4.79. The number of benzene rings is 1. The van der Waals surface area contributed by atoms with E-state index in [4.69, 9.17) is 9.47 Å². The van der Waals surface area contributed by atoms with Gasteiger partial charge in [-0.05, 0) is 54.3 Å². The minimum atomic E-state index is 0.000809. The Bertz CT molecular complexity index is 923. The number of carbonyl (C=O) groups excluding carboxylic acids is 2. The van der Waals surface area contributed by atoms with E-state index in [1.807, 2.05) is 34.5 Å². The Labute approximate surface area is 207 Å². The summed E-state index contributed by atoms with van der Waals surface area (Å²) >= 11 is 1.65. The highest BCUT2D eigenvalue weighted by atomic mass is 32.1. The Morgan fingerprint density at radius 1 is 1.06 bits per heavy atom. The first-order valence-electron chi connectivity index (χ1n) is 12.2. The van der Waals surface area contributed by atoms with E-state index >= 15 is 0 Å². The van der Waals surface area contributed by atoms with Gasteiger partial charge in [-0.15, -0.1) is 11.3 Å². The number of hydrogen-bond donors (Lipinski definition) is 0. The maximum Gasteiger partial charge on any atom is 0.242 e. The maximum atomic E-state index is 13.5. The van der Waals surface area contributed by atoms with E-state index in [-0.39, 0.29) is 24.3 Å². The quantitative estimate of drug-likeness (QED) is 0.423. The first kappa shape index (κ1) is 26.1. The molecule has 1 aliphatic carbocycles. The standard InChI is InChI=1S/C27H38N2O4S/c1-20(2)17-29(27(31)22-8-5-6-9-22)19-26(30)28(18-23-10-7-15-34-23)14-13-21-11-12-24(32-3)25(16-21)33-4/h7,10-12,15-16,20,22H,5-6,8-9,13-14,17-19H2,1-4H3. The van der Waals surface area contributed by atoms with Crippen molar-refractivity contribution >= 4 is 23.2 Å². The van der Waals surface area contributed by atoms with Gasteiger partial charge in [0.1, 0.15) is 0 Å². The number of thiophene rings is 1. The second-order valence-electron chi connectivity index (χ2n) is 9.43. The zero-order valence-electron chi connectivity index (χ0n) is 20.9. The molecule has 1 fully saturated rings. The lowest BCUT2D eigenvalue weighted by Crippen LogP contribution is -2.46. The molecule has 0 spiro atoms. The van der Waals surface area contributed by atoms with Crippen LogP contribution in [-0.2, 0) is 22.6 Å². The maximum absolute atomic E-state index is 13.5. The van der Waals surface area contributed by atoms with Crippen LogP contribution in [0.3, 0.4) is 0 Å². The van der Waals surface area contributed by atoms with Crippen molar-refractivity contribution in [2.45, 2.75) is 52.5 Å². The van der Waals surface area contributed by atoms with Crippen molar-refractivity contribution in [3.63, 3.8) is 0 Å². The highest BCUT2D eigenvalue weighted by Gasteiger charge is 2.30. The van der Waals surface area contributed by atoms with E-state index in [2.05, 4.69) is 19.9 Å². The number of carbonyl (C=O) groups is 2. The van der Waals surface area contributed by atoms with Gasteiger partial charge in [0.25, 0.3) is 0 Å². The highest BCUT2D eigenvalue weighted by molar-refractivity contribution is 7.09. The van der Waals surface area contributed by atoms with E-state index in [1.54, 1.807) is 30.5 Å². The van der Waals surface area contributed by atoms with E-state index in [0.717, 1.165) is 36.1 Å². The lowest BCUT2D eigenvalue weighted by Gasteiger charge is -2.30. The molecule has 3 rings (SSSR count). The number of methoxy groups -OCH3 is 2. The fourth-order valence-electron chi connectivity index (χ4n) is 4.55. The third kappa shape index (κ3) is 7.23. The minimum Gasteiger partial charge on any atom is -0.493 e. The van der Waals surface area contributed by atoms with Gasteiger partial charge in [-0.3, -0.25) is 9.59 Å². The predicted molar refractivity (Wildman–Crippen MR) is 136 cm³/mol. The molecule has 1 heterocycles. The average molecular weight is 487 g/mol. The van der Waals surface area contributed by atoms with Crippen LogP contribution < -0.4 is 9.47 Å². The third-order valence-corrected chi connectivity index (χ3v) is 7.19. The molecule has 1 aliphatic rings. The summed E-state index contributed by atoms with van der Waals surface area (Å²) in [4.78, 5) is 31.5. The number of ether oxygens (including phenoxy) is 2. The number of nitrogens with zero attached hydrogens (tertiary/aromatic N) is 2.